The number of carboxylic acid groups (broad SMARTS) is 1. The molecule has 0 aliphatic heterocycles. The molecule has 23 heavy (non-hydrogen) atoms. The molecular weight excluding hydrogens is 308 g/mol. The van der Waals surface area contributed by atoms with Gasteiger partial charge in [-0.1, -0.05) is 0 Å². The lowest BCUT2D eigenvalue weighted by molar-refractivity contribution is -0.385. The summed E-state index contributed by atoms with van der Waals surface area (Å²) in [5.74, 6) is -1.19. The van der Waals surface area contributed by atoms with Gasteiger partial charge in [0.2, 0.25) is 0 Å². The Morgan fingerprint density at radius 3 is 2.35 bits per heavy atom. The van der Waals surface area contributed by atoms with Gasteiger partial charge in [-0.2, -0.15) is 0 Å². The minimum Gasteiger partial charge on any atom is -0.493 e. The van der Waals surface area contributed by atoms with Gasteiger partial charge in [-0.05, 0) is 12.8 Å². The highest BCUT2D eigenvalue weighted by atomic mass is 16.6. The van der Waals surface area contributed by atoms with Crippen molar-refractivity contribution in [1.82, 2.24) is 5.32 Å². The summed E-state index contributed by atoms with van der Waals surface area (Å²) in [4.78, 5) is 32.9. The van der Waals surface area contributed by atoms with Crippen LogP contribution in [0.3, 0.4) is 0 Å². The lowest BCUT2D eigenvalue weighted by atomic mass is 10.1. The molecule has 0 unspecified atom stereocenters. The number of ether oxygens (including phenoxy) is 2. The minimum absolute atomic E-state index is 0.00633. The van der Waals surface area contributed by atoms with E-state index in [4.69, 9.17) is 14.6 Å². The first-order chi connectivity index (χ1) is 10.9. The molecule has 0 saturated heterocycles. The van der Waals surface area contributed by atoms with Gasteiger partial charge in [-0.25, -0.2) is 0 Å². The van der Waals surface area contributed by atoms with Crippen molar-refractivity contribution in [3.05, 3.63) is 27.8 Å². The number of nitro groups is 1. The maximum atomic E-state index is 12.1. The third-order valence-corrected chi connectivity index (χ3v) is 3.05. The summed E-state index contributed by atoms with van der Waals surface area (Å²) in [6.45, 7) is 0.220. The molecule has 2 N–H and O–H groups in total. The Hall–Kier alpha value is -2.84. The monoisotopic (exact) mass is 326 g/mol. The van der Waals surface area contributed by atoms with E-state index in [1.54, 1.807) is 0 Å². The van der Waals surface area contributed by atoms with Gasteiger partial charge >= 0.3 is 5.97 Å². The van der Waals surface area contributed by atoms with Crippen LogP contribution in [-0.4, -0.2) is 42.7 Å². The summed E-state index contributed by atoms with van der Waals surface area (Å²) in [7, 11) is 2.70. The number of nitrogens with one attached hydrogen (secondary N) is 1. The number of benzene rings is 1. The quantitative estimate of drug-likeness (QED) is 0.400. The molecule has 1 rings (SSSR count). The number of carbonyl (C=O) groups is 2. The van der Waals surface area contributed by atoms with Crippen LogP contribution in [0, 0.1) is 10.1 Å². The van der Waals surface area contributed by atoms with Gasteiger partial charge in [0, 0.05) is 19.0 Å². The Labute approximate surface area is 132 Å². The van der Waals surface area contributed by atoms with Crippen molar-refractivity contribution in [1.29, 1.82) is 0 Å². The summed E-state index contributed by atoms with van der Waals surface area (Å²) in [5.41, 5.74) is -0.545. The standard InChI is InChI=1S/C14H18N2O7/c1-22-11-7-9(10(16(20)21)8-12(11)23-2)14(19)15-6-4-3-5-13(17)18/h7-8H,3-6H2,1-2H3,(H,15,19)(H,17,18). The average molecular weight is 326 g/mol. The molecule has 1 amide bonds. The first kappa shape index (κ1) is 18.2. The van der Waals surface area contributed by atoms with Crippen LogP contribution in [-0.2, 0) is 4.79 Å². The number of rotatable bonds is 9. The van der Waals surface area contributed by atoms with E-state index in [1.165, 1.54) is 20.3 Å². The van der Waals surface area contributed by atoms with Gasteiger partial charge in [-0.15, -0.1) is 0 Å². The molecule has 9 heteroatoms. The second-order valence-corrected chi connectivity index (χ2v) is 4.59. The van der Waals surface area contributed by atoms with Crippen molar-refractivity contribution in [2.75, 3.05) is 20.8 Å². The molecule has 0 aliphatic carbocycles. The van der Waals surface area contributed by atoms with E-state index in [0.29, 0.717) is 12.8 Å². The summed E-state index contributed by atoms with van der Waals surface area (Å²) in [6.07, 6.45) is 0.870. The third kappa shape index (κ3) is 5.13. The Kier molecular flexibility index (Phi) is 6.78. The molecule has 0 heterocycles. The number of methoxy groups -OCH3 is 2. The first-order valence-electron chi connectivity index (χ1n) is 6.81. The number of aliphatic carboxylic acids is 1. The Bertz CT molecular complexity index is 601. The summed E-state index contributed by atoms with van der Waals surface area (Å²) < 4.78 is 10.0. The highest BCUT2D eigenvalue weighted by Crippen LogP contribution is 2.34. The van der Waals surface area contributed by atoms with Crippen molar-refractivity contribution < 1.29 is 29.1 Å². The zero-order chi connectivity index (χ0) is 17.4. The van der Waals surface area contributed by atoms with E-state index in [0.717, 1.165) is 6.07 Å². The topological polar surface area (TPSA) is 128 Å². The Balaban J connectivity index is 2.86. The van der Waals surface area contributed by atoms with Crippen LogP contribution in [0.25, 0.3) is 0 Å². The van der Waals surface area contributed by atoms with Crippen LogP contribution in [0.15, 0.2) is 12.1 Å². The van der Waals surface area contributed by atoms with E-state index in [1.807, 2.05) is 0 Å². The predicted octanol–water partition coefficient (Wildman–Crippen LogP) is 1.60. The number of nitro benzene ring substituents is 1. The molecule has 0 bridgehead atoms. The average Bonchev–Trinajstić information content (AvgIpc) is 2.52. The maximum absolute atomic E-state index is 12.1. The highest BCUT2D eigenvalue weighted by molar-refractivity contribution is 5.99. The SMILES string of the molecule is COc1cc(C(=O)NCCCCC(=O)O)c([N+](=O)[O-])cc1OC. The van der Waals surface area contributed by atoms with Gasteiger partial charge < -0.3 is 19.9 Å². The fraction of sp³-hybridized carbons (Fsp3) is 0.429. The first-order valence-corrected chi connectivity index (χ1v) is 6.81. The highest BCUT2D eigenvalue weighted by Gasteiger charge is 2.24. The van der Waals surface area contributed by atoms with Gasteiger partial charge in [0.1, 0.15) is 5.56 Å². The Morgan fingerprint density at radius 2 is 1.83 bits per heavy atom. The number of carboxylic acids is 1. The normalized spacial score (nSPS) is 10.0. The van der Waals surface area contributed by atoms with Crippen molar-refractivity contribution in [3.63, 3.8) is 0 Å². The number of unbranched alkanes of at least 4 members (excludes halogenated alkanes) is 1. The number of hydrogen-bond acceptors (Lipinski definition) is 6. The largest absolute Gasteiger partial charge is 0.493 e. The Morgan fingerprint density at radius 1 is 1.22 bits per heavy atom. The zero-order valence-corrected chi connectivity index (χ0v) is 12.8. The van der Waals surface area contributed by atoms with Crippen molar-refractivity contribution in [2.24, 2.45) is 0 Å². The van der Waals surface area contributed by atoms with Gasteiger partial charge in [0.05, 0.1) is 25.2 Å². The molecule has 0 spiro atoms. The number of hydrogen-bond donors (Lipinski definition) is 2. The van der Waals surface area contributed by atoms with Gasteiger partial charge in [-0.3, -0.25) is 19.7 Å². The molecule has 0 saturated carbocycles. The van der Waals surface area contributed by atoms with Crippen LogP contribution in [0.1, 0.15) is 29.6 Å². The number of carbonyl (C=O) groups excluding carboxylic acids is 1. The van der Waals surface area contributed by atoms with Crippen molar-refractivity contribution in [2.45, 2.75) is 19.3 Å². The molecule has 126 valence electrons. The van der Waals surface area contributed by atoms with Crippen LogP contribution in [0.2, 0.25) is 0 Å². The predicted molar refractivity (Wildman–Crippen MR) is 80.0 cm³/mol. The van der Waals surface area contributed by atoms with Crippen LogP contribution in [0.5, 0.6) is 11.5 Å². The smallest absolute Gasteiger partial charge is 0.303 e. The second kappa shape index (κ2) is 8.57. The zero-order valence-electron chi connectivity index (χ0n) is 12.8. The minimum atomic E-state index is -0.910. The van der Waals surface area contributed by atoms with Crippen molar-refractivity contribution in [3.8, 4) is 11.5 Å². The summed E-state index contributed by atoms with van der Waals surface area (Å²) >= 11 is 0. The molecule has 0 atom stereocenters. The van der Waals surface area contributed by atoms with Crippen molar-refractivity contribution >= 4 is 17.6 Å². The van der Waals surface area contributed by atoms with E-state index in [2.05, 4.69) is 5.32 Å². The van der Waals surface area contributed by atoms with Gasteiger partial charge in [0.25, 0.3) is 11.6 Å². The fourth-order valence-electron chi connectivity index (χ4n) is 1.90. The fourth-order valence-corrected chi connectivity index (χ4v) is 1.90. The van der Waals surface area contributed by atoms with E-state index in [-0.39, 0.29) is 30.0 Å². The molecule has 1 aromatic carbocycles. The number of amides is 1. The van der Waals surface area contributed by atoms with E-state index in [9.17, 15) is 19.7 Å². The van der Waals surface area contributed by atoms with E-state index < -0.39 is 22.5 Å². The van der Waals surface area contributed by atoms with E-state index >= 15 is 0 Å². The van der Waals surface area contributed by atoms with Crippen LogP contribution in [0.4, 0.5) is 5.69 Å². The lowest BCUT2D eigenvalue weighted by Gasteiger charge is -2.10. The summed E-state index contributed by atoms with van der Waals surface area (Å²) in [5, 5.41) is 22.1. The summed E-state index contributed by atoms with van der Waals surface area (Å²) in [6, 6.07) is 2.36. The second-order valence-electron chi connectivity index (χ2n) is 4.59. The van der Waals surface area contributed by atoms with Gasteiger partial charge in [0.15, 0.2) is 11.5 Å². The molecule has 0 fully saturated rings. The molecule has 1 aromatic rings. The molecule has 0 aliphatic rings. The molecule has 0 aromatic heterocycles. The molecule has 0 radical (unpaired) electrons. The third-order valence-electron chi connectivity index (χ3n) is 3.05. The van der Waals surface area contributed by atoms with Crippen LogP contribution >= 0.6 is 0 Å². The maximum Gasteiger partial charge on any atom is 0.303 e. The molecular formula is C14H18N2O7. The van der Waals surface area contributed by atoms with Crippen LogP contribution < -0.4 is 14.8 Å². The lowest BCUT2D eigenvalue weighted by Crippen LogP contribution is -2.25. The number of nitrogens with zero attached hydrogens (tertiary/aromatic N) is 1. The molecule has 9 nitrogen and oxygen atoms in total.